The van der Waals surface area contributed by atoms with Gasteiger partial charge in [0.05, 0.1) is 31.5 Å². The van der Waals surface area contributed by atoms with Gasteiger partial charge in [0, 0.05) is 6.54 Å². The van der Waals surface area contributed by atoms with Gasteiger partial charge in [-0.3, -0.25) is 4.79 Å². The van der Waals surface area contributed by atoms with Crippen LogP contribution in [0.15, 0.2) is 77.9 Å². The predicted octanol–water partition coefficient (Wildman–Crippen LogP) is 4.00. The molecule has 3 N–H and O–H groups in total. The van der Waals surface area contributed by atoms with E-state index in [0.717, 1.165) is 16.9 Å². The van der Waals surface area contributed by atoms with Crippen LogP contribution in [0.4, 0.5) is 5.82 Å². The quantitative estimate of drug-likeness (QED) is 0.340. The number of carbonyl (C=O) groups is 1. The third kappa shape index (κ3) is 4.41. The zero-order valence-corrected chi connectivity index (χ0v) is 19.8. The van der Waals surface area contributed by atoms with Gasteiger partial charge in [-0.2, -0.15) is 9.78 Å². The number of hydrogen-bond donors (Lipinski definition) is 2. The number of nitrogens with two attached hydrogens (primary N) is 1. The lowest BCUT2D eigenvalue weighted by Crippen LogP contribution is -2.23. The second kappa shape index (κ2) is 9.75. The van der Waals surface area contributed by atoms with Gasteiger partial charge in [0.1, 0.15) is 28.4 Å². The Kier molecular flexibility index (Phi) is 6.19. The molecule has 0 unspecified atom stereocenters. The van der Waals surface area contributed by atoms with Crippen LogP contribution in [0.25, 0.3) is 22.2 Å². The first kappa shape index (κ1) is 22.9. The number of carbonyl (C=O) groups excluding carboxylic acids is 1. The predicted molar refractivity (Wildman–Crippen MR) is 140 cm³/mol. The highest BCUT2D eigenvalue weighted by molar-refractivity contribution is 6.10. The summed E-state index contributed by atoms with van der Waals surface area (Å²) in [5.41, 5.74) is 10.5. The average Bonchev–Trinajstić information content (AvgIpc) is 3.19. The van der Waals surface area contributed by atoms with Crippen LogP contribution in [0.2, 0.25) is 0 Å². The van der Waals surface area contributed by atoms with E-state index in [2.05, 4.69) is 10.4 Å². The molecule has 2 heterocycles. The Hall–Kier alpha value is -4.92. The van der Waals surface area contributed by atoms with E-state index >= 15 is 0 Å². The van der Waals surface area contributed by atoms with Crippen molar-refractivity contribution >= 4 is 40.1 Å². The molecule has 0 bridgehead atoms. The maximum atomic E-state index is 13.3. The van der Waals surface area contributed by atoms with Crippen molar-refractivity contribution in [2.24, 2.45) is 5.10 Å². The van der Waals surface area contributed by atoms with E-state index in [1.165, 1.54) is 4.68 Å². The zero-order valence-electron chi connectivity index (χ0n) is 19.8. The molecule has 0 aliphatic heterocycles. The third-order valence-corrected chi connectivity index (χ3v) is 5.73. The molecule has 180 valence electrons. The average molecular weight is 481 g/mol. The van der Waals surface area contributed by atoms with Crippen LogP contribution in [0.1, 0.15) is 21.5 Å². The van der Waals surface area contributed by atoms with E-state index in [0.29, 0.717) is 34.5 Å². The minimum absolute atomic E-state index is 0.145. The molecule has 5 rings (SSSR count). The van der Waals surface area contributed by atoms with Crippen LogP contribution >= 0.6 is 0 Å². The van der Waals surface area contributed by atoms with E-state index in [1.54, 1.807) is 20.4 Å². The number of methoxy groups -OCH3 is 2. The van der Waals surface area contributed by atoms with Gasteiger partial charge in [-0.1, -0.05) is 36.4 Å². The molecular formula is C27H24N6O3. The molecule has 0 spiro atoms. The van der Waals surface area contributed by atoms with Crippen molar-refractivity contribution in [2.45, 2.75) is 6.54 Å². The van der Waals surface area contributed by atoms with Crippen molar-refractivity contribution in [1.29, 1.82) is 0 Å². The molecule has 9 heteroatoms. The molecular weight excluding hydrogens is 456 g/mol. The van der Waals surface area contributed by atoms with Crippen molar-refractivity contribution in [3.05, 3.63) is 89.5 Å². The van der Waals surface area contributed by atoms with Crippen LogP contribution in [0, 0.1) is 0 Å². The fourth-order valence-electron chi connectivity index (χ4n) is 3.85. The smallest absolute Gasteiger partial charge is 0.257 e. The Balaban J connectivity index is 1.55. The molecule has 0 radical (unpaired) electrons. The summed E-state index contributed by atoms with van der Waals surface area (Å²) in [7, 11) is 3.21. The van der Waals surface area contributed by atoms with Crippen LogP contribution < -0.4 is 20.5 Å². The van der Waals surface area contributed by atoms with E-state index < -0.39 is 0 Å². The van der Waals surface area contributed by atoms with Gasteiger partial charge in [-0.15, -0.1) is 0 Å². The summed E-state index contributed by atoms with van der Waals surface area (Å²) in [6, 6.07) is 22.3. The summed E-state index contributed by atoms with van der Waals surface area (Å²) >= 11 is 0. The number of anilines is 1. The summed E-state index contributed by atoms with van der Waals surface area (Å²) in [4.78, 5) is 22.7. The van der Waals surface area contributed by atoms with Gasteiger partial charge in [0.15, 0.2) is 5.65 Å². The number of benzene rings is 3. The van der Waals surface area contributed by atoms with Crippen LogP contribution in [0.3, 0.4) is 0 Å². The van der Waals surface area contributed by atoms with Crippen LogP contribution in [-0.2, 0) is 6.54 Å². The Morgan fingerprint density at radius 2 is 1.69 bits per heavy atom. The van der Waals surface area contributed by atoms with E-state index in [9.17, 15) is 4.79 Å². The molecule has 36 heavy (non-hydrogen) atoms. The number of nitrogens with one attached hydrogen (secondary N) is 1. The number of nitrogen functional groups attached to an aromatic ring is 1. The van der Waals surface area contributed by atoms with Crippen molar-refractivity contribution in [3.8, 4) is 11.5 Å². The normalized spacial score (nSPS) is 11.3. The van der Waals surface area contributed by atoms with E-state index in [1.807, 2.05) is 72.8 Å². The van der Waals surface area contributed by atoms with Gasteiger partial charge in [-0.25, -0.2) is 9.97 Å². The highest BCUT2D eigenvalue weighted by Crippen LogP contribution is 2.28. The SMILES string of the molecule is COc1ccc(CNC(=O)c2c(N)n(N=Cc3cccc(OC)c3)c3nc4ccccc4nc23)cc1. The molecule has 0 aliphatic carbocycles. The minimum atomic E-state index is -0.367. The van der Waals surface area contributed by atoms with Crippen molar-refractivity contribution in [1.82, 2.24) is 20.0 Å². The van der Waals surface area contributed by atoms with Crippen LogP contribution in [-0.4, -0.2) is 41.0 Å². The molecule has 3 aromatic carbocycles. The molecule has 5 aromatic rings. The highest BCUT2D eigenvalue weighted by Gasteiger charge is 2.24. The number of ether oxygens (including phenoxy) is 2. The van der Waals surface area contributed by atoms with Crippen molar-refractivity contribution in [2.75, 3.05) is 20.0 Å². The largest absolute Gasteiger partial charge is 0.497 e. The first-order valence-corrected chi connectivity index (χ1v) is 11.2. The Labute approximate surface area is 207 Å². The van der Waals surface area contributed by atoms with E-state index in [4.69, 9.17) is 25.2 Å². The van der Waals surface area contributed by atoms with Crippen molar-refractivity contribution < 1.29 is 14.3 Å². The number of fused-ring (bicyclic) bond motifs is 2. The first-order chi connectivity index (χ1) is 17.6. The Morgan fingerprint density at radius 1 is 0.972 bits per heavy atom. The fourth-order valence-corrected chi connectivity index (χ4v) is 3.85. The molecule has 0 saturated carbocycles. The standard InChI is InChI=1S/C27H24N6O3/c1-35-19-12-10-17(11-13-19)15-29-27(34)23-24-26(32-22-9-4-3-8-21(22)31-24)33(25(23)28)30-16-18-6-5-7-20(14-18)36-2/h3-14,16H,15,28H2,1-2H3,(H,29,34). The summed E-state index contributed by atoms with van der Waals surface area (Å²) in [5, 5.41) is 7.47. The van der Waals surface area contributed by atoms with Crippen LogP contribution in [0.5, 0.6) is 11.5 Å². The van der Waals surface area contributed by atoms with E-state index in [-0.39, 0.29) is 17.3 Å². The Morgan fingerprint density at radius 3 is 2.42 bits per heavy atom. The Bertz CT molecular complexity index is 1590. The number of hydrogen-bond acceptors (Lipinski definition) is 7. The molecule has 0 saturated heterocycles. The van der Waals surface area contributed by atoms with Gasteiger partial charge < -0.3 is 20.5 Å². The topological polar surface area (TPSA) is 117 Å². The monoisotopic (exact) mass is 480 g/mol. The van der Waals surface area contributed by atoms with Gasteiger partial charge in [0.2, 0.25) is 0 Å². The second-order valence-electron chi connectivity index (χ2n) is 8.01. The lowest BCUT2D eigenvalue weighted by atomic mass is 10.2. The lowest BCUT2D eigenvalue weighted by molar-refractivity contribution is 0.0953. The highest BCUT2D eigenvalue weighted by atomic mass is 16.5. The lowest BCUT2D eigenvalue weighted by Gasteiger charge is -2.07. The fraction of sp³-hybridized carbons (Fsp3) is 0.111. The summed E-state index contributed by atoms with van der Waals surface area (Å²) in [5.74, 6) is 1.22. The maximum absolute atomic E-state index is 13.3. The second-order valence-corrected chi connectivity index (χ2v) is 8.01. The minimum Gasteiger partial charge on any atom is -0.497 e. The summed E-state index contributed by atoms with van der Waals surface area (Å²) < 4.78 is 11.9. The van der Waals surface area contributed by atoms with Gasteiger partial charge >= 0.3 is 0 Å². The summed E-state index contributed by atoms with van der Waals surface area (Å²) in [6.45, 7) is 0.309. The van der Waals surface area contributed by atoms with Crippen molar-refractivity contribution in [3.63, 3.8) is 0 Å². The molecule has 0 aliphatic rings. The number of rotatable bonds is 7. The number of amides is 1. The summed E-state index contributed by atoms with van der Waals surface area (Å²) in [6.07, 6.45) is 1.63. The zero-order chi connectivity index (χ0) is 25.1. The molecule has 0 fully saturated rings. The number of para-hydroxylation sites is 2. The molecule has 0 atom stereocenters. The first-order valence-electron chi connectivity index (χ1n) is 11.2. The molecule has 2 aromatic heterocycles. The third-order valence-electron chi connectivity index (χ3n) is 5.73. The van der Waals surface area contributed by atoms with Gasteiger partial charge in [0.25, 0.3) is 5.91 Å². The molecule has 1 amide bonds. The number of aromatic nitrogens is 3. The van der Waals surface area contributed by atoms with Gasteiger partial charge in [-0.05, 0) is 47.5 Å². The molecule has 9 nitrogen and oxygen atoms in total. The maximum Gasteiger partial charge on any atom is 0.257 e. The number of nitrogens with zero attached hydrogens (tertiary/aromatic N) is 4.